The number of nitrogens with two attached hydrogens (primary N) is 1. The normalized spacial score (nSPS) is 23.8. The van der Waals surface area contributed by atoms with Gasteiger partial charge in [0.05, 0.1) is 7.11 Å². The Morgan fingerprint density at radius 2 is 1.89 bits per heavy atom. The highest BCUT2D eigenvalue weighted by atomic mass is 35.5. The molecule has 1 fully saturated rings. The Morgan fingerprint density at radius 3 is 2.39 bits per heavy atom. The summed E-state index contributed by atoms with van der Waals surface area (Å²) in [5.74, 6) is -0.296. The van der Waals surface area contributed by atoms with Crippen molar-refractivity contribution in [3.63, 3.8) is 0 Å². The lowest BCUT2D eigenvalue weighted by Crippen LogP contribution is -2.59. The molecule has 7 nitrogen and oxygen atoms in total. The van der Waals surface area contributed by atoms with Crippen molar-refractivity contribution in [3.8, 4) is 5.75 Å². The summed E-state index contributed by atoms with van der Waals surface area (Å²) in [5, 5.41) is 27.9. The lowest BCUT2D eigenvalue weighted by molar-refractivity contribution is -0.147. The first-order valence-corrected chi connectivity index (χ1v) is 9.00. The van der Waals surface area contributed by atoms with Crippen molar-refractivity contribution in [2.45, 2.75) is 37.5 Å². The van der Waals surface area contributed by atoms with Crippen LogP contribution in [-0.2, 0) is 4.79 Å². The van der Waals surface area contributed by atoms with Crippen LogP contribution >= 0.6 is 24.8 Å². The second-order valence-corrected chi connectivity index (χ2v) is 7.33. The van der Waals surface area contributed by atoms with Crippen molar-refractivity contribution < 1.29 is 24.7 Å². The number of hydrogen-bond acceptors (Lipinski definition) is 6. The van der Waals surface area contributed by atoms with Gasteiger partial charge in [0, 0.05) is 25.2 Å². The Bertz CT molecular complexity index is 608. The maximum Gasteiger partial charge on any atom is 0.451 e. The Kier molecular flexibility index (Phi) is 11.2. The number of ether oxygens (including phenoxy) is 1. The summed E-state index contributed by atoms with van der Waals surface area (Å²) in [5.41, 5.74) is 6.02. The molecule has 0 spiro atoms. The van der Waals surface area contributed by atoms with E-state index in [2.05, 4.69) is 0 Å². The van der Waals surface area contributed by atoms with Gasteiger partial charge in [0.15, 0.2) is 0 Å². The first-order valence-electron chi connectivity index (χ1n) is 9.00. The van der Waals surface area contributed by atoms with Crippen LogP contribution in [0.2, 0.25) is 6.32 Å². The van der Waals surface area contributed by atoms with Gasteiger partial charge in [0.2, 0.25) is 0 Å². The van der Waals surface area contributed by atoms with Crippen LogP contribution in [0, 0.1) is 11.8 Å². The van der Waals surface area contributed by atoms with Gasteiger partial charge in [-0.3, -0.25) is 4.79 Å². The number of aliphatic carboxylic acids is 1. The van der Waals surface area contributed by atoms with Gasteiger partial charge in [-0.25, -0.2) is 0 Å². The zero-order chi connectivity index (χ0) is 19.3. The van der Waals surface area contributed by atoms with Crippen LogP contribution in [0.15, 0.2) is 24.3 Å². The van der Waals surface area contributed by atoms with Crippen LogP contribution < -0.4 is 15.4 Å². The zero-order valence-electron chi connectivity index (χ0n) is 16.3. The van der Waals surface area contributed by atoms with Crippen LogP contribution in [0.4, 0.5) is 5.69 Å². The third kappa shape index (κ3) is 6.70. The summed E-state index contributed by atoms with van der Waals surface area (Å²) >= 11 is 0. The minimum atomic E-state index is -1.36. The summed E-state index contributed by atoms with van der Waals surface area (Å²) in [6.07, 6.45) is 2.73. The van der Waals surface area contributed by atoms with Crippen molar-refractivity contribution in [3.05, 3.63) is 24.3 Å². The molecule has 10 heteroatoms. The molecule has 0 aliphatic heterocycles. The lowest BCUT2D eigenvalue weighted by atomic mass is 9.66. The van der Waals surface area contributed by atoms with Gasteiger partial charge in [-0.1, -0.05) is 6.42 Å². The predicted octanol–water partition coefficient (Wildman–Crippen LogP) is 2.04. The van der Waals surface area contributed by atoms with Crippen LogP contribution in [0.3, 0.4) is 0 Å². The molecule has 0 radical (unpaired) electrons. The van der Waals surface area contributed by atoms with Crippen LogP contribution in [-0.4, -0.2) is 54.5 Å². The zero-order valence-corrected chi connectivity index (χ0v) is 17.9. The van der Waals surface area contributed by atoms with E-state index in [1.54, 1.807) is 7.11 Å². The molecule has 3 unspecified atom stereocenters. The topological polar surface area (TPSA) is 116 Å². The summed E-state index contributed by atoms with van der Waals surface area (Å²) in [7, 11) is 2.19. The summed E-state index contributed by atoms with van der Waals surface area (Å²) in [4.78, 5) is 13.9. The predicted molar refractivity (Wildman–Crippen MR) is 116 cm³/mol. The third-order valence-corrected chi connectivity index (χ3v) is 5.52. The van der Waals surface area contributed by atoms with Gasteiger partial charge in [-0.15, -0.1) is 24.8 Å². The monoisotopic (exact) mass is 436 g/mol. The maximum atomic E-state index is 11.9. The van der Waals surface area contributed by atoms with E-state index in [4.69, 9.17) is 20.5 Å². The maximum absolute atomic E-state index is 11.9. The molecular weight excluding hydrogens is 406 g/mol. The first-order chi connectivity index (χ1) is 12.3. The van der Waals surface area contributed by atoms with E-state index in [-0.39, 0.29) is 43.0 Å². The minimum Gasteiger partial charge on any atom is -0.497 e. The highest BCUT2D eigenvalue weighted by Gasteiger charge is 2.47. The molecule has 0 heterocycles. The number of carboxylic acids is 1. The number of benzene rings is 1. The van der Waals surface area contributed by atoms with E-state index in [0.717, 1.165) is 17.9 Å². The molecule has 1 aromatic rings. The average molecular weight is 437 g/mol. The summed E-state index contributed by atoms with van der Waals surface area (Å²) in [6, 6.07) is 7.61. The molecule has 0 saturated heterocycles. The van der Waals surface area contributed by atoms with Crippen LogP contribution in [0.25, 0.3) is 0 Å². The Morgan fingerprint density at radius 1 is 1.29 bits per heavy atom. The van der Waals surface area contributed by atoms with Crippen molar-refractivity contribution in [1.82, 2.24) is 0 Å². The van der Waals surface area contributed by atoms with E-state index < -0.39 is 18.6 Å². The van der Waals surface area contributed by atoms with E-state index in [0.29, 0.717) is 25.8 Å². The summed E-state index contributed by atoms with van der Waals surface area (Å²) < 4.78 is 5.16. The quantitative estimate of drug-likeness (QED) is 0.460. The largest absolute Gasteiger partial charge is 0.497 e. The smallest absolute Gasteiger partial charge is 0.451 e. The van der Waals surface area contributed by atoms with Gasteiger partial charge in [0.25, 0.3) is 0 Å². The van der Waals surface area contributed by atoms with Gasteiger partial charge in [0.1, 0.15) is 11.3 Å². The fourth-order valence-electron chi connectivity index (χ4n) is 3.86. The number of rotatable bonds is 8. The number of halogens is 2. The van der Waals surface area contributed by atoms with Gasteiger partial charge < -0.3 is 30.5 Å². The molecule has 2 rings (SSSR count). The van der Waals surface area contributed by atoms with Crippen molar-refractivity contribution in [2.75, 3.05) is 25.6 Å². The van der Waals surface area contributed by atoms with E-state index in [9.17, 15) is 9.90 Å². The van der Waals surface area contributed by atoms with E-state index in [1.807, 2.05) is 36.2 Å². The second kappa shape index (κ2) is 11.7. The SMILES string of the molecule is COc1ccc(N(C)CC2CCC(CCB(O)O)CC2(N)C(=O)O)cc1.Cl.Cl. The summed E-state index contributed by atoms with van der Waals surface area (Å²) in [6.45, 7) is 0.546. The van der Waals surface area contributed by atoms with Crippen molar-refractivity contribution >= 4 is 43.6 Å². The number of carbonyl (C=O) groups is 1. The standard InChI is InChI=1S/C18H29BN2O5.2ClH/c1-21(15-5-7-16(26-2)8-6-15)12-14-4-3-13(9-10-19(24)25)11-18(14,20)17(22)23;;/h5-8,13-14,24-25H,3-4,9-12,20H2,1-2H3,(H,22,23);2*1H. The molecule has 0 aromatic heterocycles. The highest BCUT2D eigenvalue weighted by molar-refractivity contribution is 6.40. The number of carboxylic acid groups (broad SMARTS) is 1. The molecule has 1 saturated carbocycles. The van der Waals surface area contributed by atoms with Gasteiger partial charge >= 0.3 is 13.1 Å². The highest BCUT2D eigenvalue weighted by Crippen LogP contribution is 2.39. The number of methoxy groups -OCH3 is 1. The number of hydrogen-bond donors (Lipinski definition) is 4. The Balaban J connectivity index is 0.00000364. The molecular formula is C18H31BCl2N2O5. The molecule has 3 atom stereocenters. The van der Waals surface area contributed by atoms with Crippen LogP contribution in [0.5, 0.6) is 5.75 Å². The number of nitrogens with zero attached hydrogens (tertiary/aromatic N) is 1. The molecule has 5 N–H and O–H groups in total. The first kappa shape index (κ1) is 26.8. The fourth-order valence-corrected chi connectivity index (χ4v) is 3.86. The third-order valence-electron chi connectivity index (χ3n) is 5.52. The fraction of sp³-hybridized carbons (Fsp3) is 0.611. The molecule has 1 aliphatic rings. The number of anilines is 1. The van der Waals surface area contributed by atoms with Gasteiger partial charge in [-0.05, 0) is 55.8 Å². The molecule has 0 bridgehead atoms. The Hall–Kier alpha value is -1.19. The van der Waals surface area contributed by atoms with Gasteiger partial charge in [-0.2, -0.15) is 0 Å². The van der Waals surface area contributed by atoms with Crippen molar-refractivity contribution in [2.24, 2.45) is 17.6 Å². The van der Waals surface area contributed by atoms with E-state index >= 15 is 0 Å². The molecule has 1 aliphatic carbocycles. The van der Waals surface area contributed by atoms with Crippen LogP contribution in [0.1, 0.15) is 25.7 Å². The second-order valence-electron chi connectivity index (χ2n) is 7.33. The average Bonchev–Trinajstić information content (AvgIpc) is 2.61. The lowest BCUT2D eigenvalue weighted by Gasteiger charge is -2.43. The molecule has 1 aromatic carbocycles. The van der Waals surface area contributed by atoms with Crippen molar-refractivity contribution in [1.29, 1.82) is 0 Å². The molecule has 0 amide bonds. The minimum absolute atomic E-state index is 0. The molecule has 28 heavy (non-hydrogen) atoms. The molecule has 160 valence electrons. The Labute approximate surface area is 179 Å². The van der Waals surface area contributed by atoms with E-state index in [1.165, 1.54) is 0 Å².